The van der Waals surface area contributed by atoms with E-state index in [0.717, 1.165) is 11.2 Å². The van der Waals surface area contributed by atoms with Gasteiger partial charge in [0.2, 0.25) is 11.8 Å². The highest BCUT2D eigenvalue weighted by atomic mass is 16.7. The fraction of sp³-hybridized carbons (Fsp3) is 0.364. The number of hydrogen-bond acceptors (Lipinski definition) is 4. The number of aromatic nitrogens is 1. The third-order valence-electron chi connectivity index (χ3n) is 3.20. The third-order valence-corrected chi connectivity index (χ3v) is 3.20. The summed E-state index contributed by atoms with van der Waals surface area (Å²) in [5.74, 6) is -0.663. The molecule has 84 valence electrons. The molecule has 0 aliphatic heterocycles. The fourth-order valence-electron chi connectivity index (χ4n) is 2.63. The number of carbonyl (C=O) groups excluding carboxylic acids is 1. The van der Waals surface area contributed by atoms with Crippen LogP contribution in [0, 0.1) is 0 Å². The molecule has 2 aliphatic carbocycles. The molecule has 0 spiro atoms. The van der Waals surface area contributed by atoms with E-state index in [9.17, 15) is 15.0 Å². The van der Waals surface area contributed by atoms with Crippen LogP contribution in [0.3, 0.4) is 0 Å². The molecule has 2 N–H and O–H groups in total. The summed E-state index contributed by atoms with van der Waals surface area (Å²) in [4.78, 5) is 15.6. The van der Waals surface area contributed by atoms with E-state index >= 15 is 0 Å². The van der Waals surface area contributed by atoms with E-state index in [0.29, 0.717) is 11.1 Å². The summed E-state index contributed by atoms with van der Waals surface area (Å²) in [7, 11) is 0. The second-order valence-corrected chi connectivity index (χ2v) is 4.19. The number of aromatic hydroxyl groups is 2. The molecule has 2 unspecified atom stereocenters. The number of fused-ring (bicyclic) bond motifs is 5. The van der Waals surface area contributed by atoms with Crippen molar-refractivity contribution in [2.24, 2.45) is 0 Å². The zero-order valence-corrected chi connectivity index (χ0v) is 8.67. The van der Waals surface area contributed by atoms with Gasteiger partial charge >= 0.3 is 5.97 Å². The summed E-state index contributed by atoms with van der Waals surface area (Å²) in [5.41, 5.74) is 1.37. The van der Waals surface area contributed by atoms with Gasteiger partial charge in [-0.25, -0.2) is 4.79 Å². The van der Waals surface area contributed by atoms with Gasteiger partial charge in [-0.2, -0.15) is 0 Å². The predicted octanol–water partition coefficient (Wildman–Crippen LogP) is 1.02. The van der Waals surface area contributed by atoms with Crippen molar-refractivity contribution >= 4 is 5.97 Å². The minimum atomic E-state index is -0.584. The molecule has 1 heterocycles. The summed E-state index contributed by atoms with van der Waals surface area (Å²) in [6.45, 7) is 1.22. The monoisotopic (exact) mass is 221 g/mol. The molecule has 2 atom stereocenters. The maximum absolute atomic E-state index is 10.8. The summed E-state index contributed by atoms with van der Waals surface area (Å²) >= 11 is 0. The summed E-state index contributed by atoms with van der Waals surface area (Å²) < 4.78 is 0.805. The second-order valence-electron chi connectivity index (χ2n) is 4.19. The van der Waals surface area contributed by atoms with E-state index in [1.54, 1.807) is 0 Å². The van der Waals surface area contributed by atoms with Crippen LogP contribution in [-0.2, 0) is 4.79 Å². The van der Waals surface area contributed by atoms with Crippen molar-refractivity contribution in [3.8, 4) is 11.8 Å². The van der Waals surface area contributed by atoms with E-state index in [4.69, 9.17) is 4.84 Å². The third kappa shape index (κ3) is 0.973. The molecular formula is C11H11NO4. The predicted molar refractivity (Wildman–Crippen MR) is 54.3 cm³/mol. The maximum atomic E-state index is 10.8. The molecule has 0 saturated heterocycles. The first-order chi connectivity index (χ1) is 7.59. The zero-order valence-electron chi connectivity index (χ0n) is 8.67. The Morgan fingerprint density at radius 3 is 2.25 bits per heavy atom. The molecule has 1 aromatic rings. The minimum Gasteiger partial charge on any atom is -0.492 e. The van der Waals surface area contributed by atoms with Crippen LogP contribution in [0.4, 0.5) is 0 Å². The summed E-state index contributed by atoms with van der Waals surface area (Å²) in [6.07, 6.45) is 4.89. The number of carbonyl (C=O) groups is 1. The van der Waals surface area contributed by atoms with Gasteiger partial charge in [0, 0.05) is 29.9 Å². The van der Waals surface area contributed by atoms with Gasteiger partial charge in [-0.1, -0.05) is 12.2 Å². The molecule has 0 radical (unpaired) electrons. The van der Waals surface area contributed by atoms with Crippen LogP contribution in [0.5, 0.6) is 11.8 Å². The van der Waals surface area contributed by atoms with Crippen molar-refractivity contribution < 1.29 is 19.8 Å². The first kappa shape index (κ1) is 9.33. The minimum absolute atomic E-state index is 0.128. The molecule has 3 rings (SSSR count). The molecule has 0 fully saturated rings. The Balaban J connectivity index is 2.15. The van der Waals surface area contributed by atoms with Crippen LogP contribution >= 0.6 is 0 Å². The Labute approximate surface area is 91.5 Å². The lowest BCUT2D eigenvalue weighted by molar-refractivity contribution is -0.142. The molecule has 16 heavy (non-hydrogen) atoms. The molecule has 1 aromatic heterocycles. The van der Waals surface area contributed by atoms with Crippen LogP contribution in [-0.4, -0.2) is 20.9 Å². The first-order valence-electron chi connectivity index (χ1n) is 5.13. The highest BCUT2D eigenvalue weighted by Gasteiger charge is 2.41. The van der Waals surface area contributed by atoms with Gasteiger partial charge < -0.3 is 15.1 Å². The standard InChI is InChI=1S/C11H11NO4/c1-5(13)16-12-10(14)8-6-2-3-7(4-6)9(8)11(12)15/h2-3,6-7,14-15H,4H2,1H3. The van der Waals surface area contributed by atoms with E-state index in [1.165, 1.54) is 6.92 Å². The zero-order chi connectivity index (χ0) is 11.4. The molecule has 0 amide bonds. The van der Waals surface area contributed by atoms with Crippen molar-refractivity contribution in [1.29, 1.82) is 0 Å². The van der Waals surface area contributed by atoms with Crippen molar-refractivity contribution in [1.82, 2.24) is 4.73 Å². The Morgan fingerprint density at radius 2 is 1.81 bits per heavy atom. The number of nitrogens with zero attached hydrogens (tertiary/aromatic N) is 1. The lowest BCUT2D eigenvalue weighted by Gasteiger charge is -2.07. The average molecular weight is 221 g/mol. The molecule has 0 aromatic carbocycles. The van der Waals surface area contributed by atoms with Crippen molar-refractivity contribution in [3.05, 3.63) is 23.3 Å². The Hall–Kier alpha value is -1.91. The van der Waals surface area contributed by atoms with E-state index < -0.39 is 5.97 Å². The van der Waals surface area contributed by atoms with Crippen molar-refractivity contribution in [2.75, 3.05) is 0 Å². The van der Waals surface area contributed by atoms with Gasteiger partial charge in [-0.15, -0.1) is 4.73 Å². The normalized spacial score (nSPS) is 24.8. The lowest BCUT2D eigenvalue weighted by Crippen LogP contribution is -2.15. The highest BCUT2D eigenvalue weighted by Crippen LogP contribution is 2.56. The maximum Gasteiger partial charge on any atom is 0.330 e. The van der Waals surface area contributed by atoms with E-state index in [-0.39, 0.29) is 23.6 Å². The molecule has 0 saturated carbocycles. The van der Waals surface area contributed by atoms with Gasteiger partial charge in [0.25, 0.3) is 0 Å². The topological polar surface area (TPSA) is 71.7 Å². The fourth-order valence-corrected chi connectivity index (χ4v) is 2.63. The number of hydrogen-bond donors (Lipinski definition) is 2. The lowest BCUT2D eigenvalue weighted by atomic mass is 10.0. The summed E-state index contributed by atoms with van der Waals surface area (Å²) in [6, 6.07) is 0. The summed E-state index contributed by atoms with van der Waals surface area (Å²) in [5, 5.41) is 19.8. The second kappa shape index (κ2) is 2.81. The van der Waals surface area contributed by atoms with Gasteiger partial charge in [-0.3, -0.25) is 0 Å². The van der Waals surface area contributed by atoms with Crippen molar-refractivity contribution in [3.63, 3.8) is 0 Å². The average Bonchev–Trinajstić information content (AvgIpc) is 2.87. The van der Waals surface area contributed by atoms with Crippen molar-refractivity contribution in [2.45, 2.75) is 25.2 Å². The molecule has 2 bridgehead atoms. The molecule has 5 heteroatoms. The molecular weight excluding hydrogens is 210 g/mol. The van der Waals surface area contributed by atoms with Gasteiger partial charge in [-0.05, 0) is 6.42 Å². The van der Waals surface area contributed by atoms with Crippen LogP contribution in [0.1, 0.15) is 36.3 Å². The Bertz CT molecular complexity index is 479. The van der Waals surface area contributed by atoms with E-state index in [1.807, 2.05) is 12.2 Å². The van der Waals surface area contributed by atoms with Gasteiger partial charge in [0.05, 0.1) is 0 Å². The van der Waals surface area contributed by atoms with E-state index in [2.05, 4.69) is 0 Å². The largest absolute Gasteiger partial charge is 0.492 e. The van der Waals surface area contributed by atoms with Crippen LogP contribution in [0.25, 0.3) is 0 Å². The first-order valence-corrected chi connectivity index (χ1v) is 5.13. The Kier molecular flexibility index (Phi) is 1.64. The number of rotatable bonds is 1. The Morgan fingerprint density at radius 1 is 1.31 bits per heavy atom. The highest BCUT2D eigenvalue weighted by molar-refractivity contribution is 5.67. The molecule has 5 nitrogen and oxygen atoms in total. The van der Waals surface area contributed by atoms with Gasteiger partial charge in [0.1, 0.15) is 0 Å². The van der Waals surface area contributed by atoms with Crippen LogP contribution in [0.15, 0.2) is 12.2 Å². The van der Waals surface area contributed by atoms with Crippen LogP contribution < -0.4 is 4.84 Å². The quantitative estimate of drug-likeness (QED) is 0.694. The van der Waals surface area contributed by atoms with Crippen LogP contribution in [0.2, 0.25) is 0 Å². The smallest absolute Gasteiger partial charge is 0.330 e. The van der Waals surface area contributed by atoms with Gasteiger partial charge in [0.15, 0.2) is 0 Å². The number of allylic oxidation sites excluding steroid dienone is 2. The molecule has 2 aliphatic rings. The SMILES string of the molecule is CC(=O)On1c(O)c2c(c1O)C1C=CC2C1.